The summed E-state index contributed by atoms with van der Waals surface area (Å²) < 4.78 is 6.86. The van der Waals surface area contributed by atoms with Crippen LogP contribution in [0, 0.1) is 0 Å². The molecule has 1 unspecified atom stereocenters. The van der Waals surface area contributed by atoms with E-state index in [1.165, 1.54) is 6.08 Å². The molecule has 1 aromatic heterocycles. The Morgan fingerprint density at radius 3 is 2.61 bits per heavy atom. The maximum atomic E-state index is 12.4. The Hall–Kier alpha value is -2.00. The molecule has 120 valence electrons. The van der Waals surface area contributed by atoms with Crippen molar-refractivity contribution in [2.75, 3.05) is 0 Å². The van der Waals surface area contributed by atoms with Gasteiger partial charge in [0.15, 0.2) is 10.8 Å². The topological polar surface area (TPSA) is 44.1 Å². The maximum absolute atomic E-state index is 12.4. The highest BCUT2D eigenvalue weighted by Gasteiger charge is 2.27. The molecule has 0 saturated carbocycles. The van der Waals surface area contributed by atoms with Crippen molar-refractivity contribution in [2.45, 2.75) is 26.0 Å². The Balaban J connectivity index is 2.41. The van der Waals surface area contributed by atoms with E-state index in [4.69, 9.17) is 27.9 Å². The van der Waals surface area contributed by atoms with Crippen molar-refractivity contribution in [2.24, 2.45) is 0 Å². The van der Waals surface area contributed by atoms with Crippen molar-refractivity contribution >= 4 is 29.2 Å². The fraction of sp³-hybridized carbons (Fsp3) is 0.235. The van der Waals surface area contributed by atoms with Gasteiger partial charge in [0.2, 0.25) is 5.28 Å². The summed E-state index contributed by atoms with van der Waals surface area (Å²) in [5.74, 6) is -0.601. The maximum Gasteiger partial charge on any atom is 0.358 e. The van der Waals surface area contributed by atoms with Gasteiger partial charge in [0.05, 0.1) is 6.04 Å². The molecule has 0 fully saturated rings. The Bertz CT molecular complexity index is 749. The first-order valence-electron chi connectivity index (χ1n) is 7.00. The van der Waals surface area contributed by atoms with Gasteiger partial charge in [-0.1, -0.05) is 48.5 Å². The van der Waals surface area contributed by atoms with E-state index in [0.29, 0.717) is 0 Å². The predicted octanol–water partition coefficient (Wildman–Crippen LogP) is 4.69. The first-order chi connectivity index (χ1) is 11.0. The molecule has 0 saturated heterocycles. The molecule has 2 rings (SSSR count). The lowest BCUT2D eigenvalue weighted by Crippen LogP contribution is -2.19. The lowest BCUT2D eigenvalue weighted by Gasteiger charge is -2.18. The number of rotatable bonds is 5. The summed E-state index contributed by atoms with van der Waals surface area (Å²) in [7, 11) is 0. The molecule has 0 N–H and O–H groups in total. The van der Waals surface area contributed by atoms with Gasteiger partial charge in [0, 0.05) is 0 Å². The summed E-state index contributed by atoms with van der Waals surface area (Å²) in [4.78, 5) is 16.4. The van der Waals surface area contributed by atoms with Gasteiger partial charge in [-0.25, -0.2) is 9.78 Å². The Morgan fingerprint density at radius 2 is 2.00 bits per heavy atom. The van der Waals surface area contributed by atoms with E-state index in [-0.39, 0.29) is 22.2 Å². The highest BCUT2D eigenvalue weighted by Crippen LogP contribution is 2.29. The average Bonchev–Trinajstić information content (AvgIpc) is 2.82. The summed E-state index contributed by atoms with van der Waals surface area (Å²) in [6, 6.07) is 9.38. The molecule has 4 nitrogen and oxygen atoms in total. The second-order valence-corrected chi connectivity index (χ2v) is 5.65. The number of carbonyl (C=O) groups is 1. The number of carbonyl (C=O) groups excluding carboxylic acids is 1. The molecule has 23 heavy (non-hydrogen) atoms. The molecule has 0 aliphatic carbocycles. The molecular formula is C17H16Cl2N2O2. The van der Waals surface area contributed by atoms with Crippen molar-refractivity contribution in [3.05, 3.63) is 70.4 Å². The van der Waals surface area contributed by atoms with E-state index in [1.807, 2.05) is 37.3 Å². The molecule has 2 aromatic rings. The monoisotopic (exact) mass is 350 g/mol. The molecule has 6 heteroatoms. The fourth-order valence-electron chi connectivity index (χ4n) is 2.22. The number of hydrogen-bond donors (Lipinski definition) is 0. The Kier molecular flexibility index (Phi) is 5.67. The molecule has 0 bridgehead atoms. The van der Waals surface area contributed by atoms with Gasteiger partial charge in [-0.3, -0.25) is 0 Å². The van der Waals surface area contributed by atoms with Crippen LogP contribution in [0.4, 0.5) is 0 Å². The molecule has 0 aliphatic rings. The third-order valence-corrected chi connectivity index (χ3v) is 3.86. The number of ether oxygens (including phenoxy) is 1. The van der Waals surface area contributed by atoms with Crippen molar-refractivity contribution in [3.8, 4) is 0 Å². The number of nitrogens with zero attached hydrogens (tertiary/aromatic N) is 2. The minimum absolute atomic E-state index is 0.0116. The average molecular weight is 351 g/mol. The fourth-order valence-corrected chi connectivity index (χ4v) is 2.83. The van der Waals surface area contributed by atoms with Crippen molar-refractivity contribution in [1.29, 1.82) is 0 Å². The number of hydrogen-bond acceptors (Lipinski definition) is 3. The minimum atomic E-state index is -0.601. The van der Waals surface area contributed by atoms with Crippen LogP contribution in [0.3, 0.4) is 0 Å². The van der Waals surface area contributed by atoms with Gasteiger partial charge >= 0.3 is 5.97 Å². The SMILES string of the molecule is C=C=CC(C)OC(=O)c1c(Cl)nc(Cl)n1[C@H](C)c1ccccc1. The zero-order valence-electron chi connectivity index (χ0n) is 12.8. The Morgan fingerprint density at radius 1 is 1.35 bits per heavy atom. The number of esters is 1. The molecule has 1 aromatic carbocycles. The zero-order chi connectivity index (χ0) is 17.0. The summed E-state index contributed by atoms with van der Waals surface area (Å²) in [5, 5.41) is 0.141. The lowest BCUT2D eigenvalue weighted by molar-refractivity contribution is 0.0411. The molecule has 1 heterocycles. The van der Waals surface area contributed by atoms with Gasteiger partial charge in [0.1, 0.15) is 6.10 Å². The van der Waals surface area contributed by atoms with Crippen molar-refractivity contribution in [1.82, 2.24) is 9.55 Å². The molecule has 0 radical (unpaired) electrons. The highest BCUT2D eigenvalue weighted by molar-refractivity contribution is 6.34. The van der Waals surface area contributed by atoms with Crippen LogP contribution >= 0.6 is 23.2 Å². The lowest BCUT2D eigenvalue weighted by atomic mass is 10.1. The van der Waals surface area contributed by atoms with Gasteiger partial charge in [-0.05, 0) is 37.1 Å². The first kappa shape index (κ1) is 17.4. The van der Waals surface area contributed by atoms with Gasteiger partial charge in [-0.15, -0.1) is 5.73 Å². The summed E-state index contributed by atoms with van der Waals surface area (Å²) >= 11 is 12.2. The van der Waals surface area contributed by atoms with Crippen LogP contribution in [0.2, 0.25) is 10.4 Å². The van der Waals surface area contributed by atoms with Gasteiger partial charge in [0.25, 0.3) is 0 Å². The van der Waals surface area contributed by atoms with Crippen LogP contribution in [0.25, 0.3) is 0 Å². The summed E-state index contributed by atoms with van der Waals surface area (Å²) in [6.45, 7) is 7.06. The second-order valence-electron chi connectivity index (χ2n) is 4.96. The number of imidazole rings is 1. The largest absolute Gasteiger partial charge is 0.453 e. The van der Waals surface area contributed by atoms with Gasteiger partial charge < -0.3 is 9.30 Å². The van der Waals surface area contributed by atoms with Crippen LogP contribution in [-0.2, 0) is 4.74 Å². The van der Waals surface area contributed by atoms with E-state index in [1.54, 1.807) is 11.5 Å². The smallest absolute Gasteiger partial charge is 0.358 e. The molecule has 2 atom stereocenters. The van der Waals surface area contributed by atoms with E-state index in [2.05, 4.69) is 17.3 Å². The zero-order valence-corrected chi connectivity index (χ0v) is 14.3. The highest BCUT2D eigenvalue weighted by atomic mass is 35.5. The second kappa shape index (κ2) is 7.51. The van der Waals surface area contributed by atoms with Crippen LogP contribution in [-0.4, -0.2) is 21.6 Å². The van der Waals surface area contributed by atoms with E-state index in [0.717, 1.165) is 5.56 Å². The number of aromatic nitrogens is 2. The third kappa shape index (κ3) is 3.85. The standard InChI is InChI=1S/C17H16Cl2N2O2/c1-4-8-11(2)23-16(22)14-15(18)20-17(19)21(14)12(3)13-9-6-5-7-10-13/h5-12H,1H2,2-3H3/t11?,12-/m1/s1. The van der Waals surface area contributed by atoms with Crippen LogP contribution < -0.4 is 0 Å². The van der Waals surface area contributed by atoms with Gasteiger partial charge in [-0.2, -0.15) is 0 Å². The van der Waals surface area contributed by atoms with Crippen molar-refractivity contribution in [3.63, 3.8) is 0 Å². The van der Waals surface area contributed by atoms with Crippen LogP contribution in [0.5, 0.6) is 0 Å². The third-order valence-electron chi connectivity index (χ3n) is 3.33. The quantitative estimate of drug-likeness (QED) is 0.580. The summed E-state index contributed by atoms with van der Waals surface area (Å²) in [6.07, 6.45) is 1.06. The first-order valence-corrected chi connectivity index (χ1v) is 7.76. The van der Waals surface area contributed by atoms with E-state index >= 15 is 0 Å². The predicted molar refractivity (Wildman–Crippen MR) is 91.1 cm³/mol. The molecule has 0 spiro atoms. The van der Waals surface area contributed by atoms with E-state index < -0.39 is 12.1 Å². The molecule has 0 amide bonds. The number of halogens is 2. The Labute approximate surface area is 145 Å². The minimum Gasteiger partial charge on any atom is -0.453 e. The molecule has 0 aliphatic heterocycles. The summed E-state index contributed by atoms with van der Waals surface area (Å²) in [5.41, 5.74) is 3.67. The molecular weight excluding hydrogens is 335 g/mol. The normalized spacial score (nSPS) is 13.0. The van der Waals surface area contributed by atoms with Crippen LogP contribution in [0.15, 0.2) is 48.7 Å². The number of benzene rings is 1. The van der Waals surface area contributed by atoms with Crippen LogP contribution in [0.1, 0.15) is 35.9 Å². The van der Waals surface area contributed by atoms with E-state index in [9.17, 15) is 4.79 Å². The van der Waals surface area contributed by atoms with Crippen molar-refractivity contribution < 1.29 is 9.53 Å².